The molecule has 1 unspecified atom stereocenters. The second-order valence-corrected chi connectivity index (χ2v) is 8.19. The lowest BCUT2D eigenvalue weighted by atomic mass is 10.1. The molecule has 0 bridgehead atoms. The third kappa shape index (κ3) is 8.13. The third-order valence-corrected chi connectivity index (χ3v) is 5.95. The van der Waals surface area contributed by atoms with Crippen LogP contribution in [-0.2, 0) is 13.0 Å². The summed E-state index contributed by atoms with van der Waals surface area (Å²) in [6.07, 6.45) is 7.80. The molecule has 156 valence electrons. The first-order valence-corrected chi connectivity index (χ1v) is 11.0. The van der Waals surface area contributed by atoms with Gasteiger partial charge in [-0.2, -0.15) is 0 Å². The Labute approximate surface area is 190 Å². The number of halogens is 1. The second-order valence-electron chi connectivity index (χ2n) is 7.16. The lowest BCUT2D eigenvalue weighted by Gasteiger charge is -2.32. The molecule has 2 aromatic rings. The third-order valence-electron chi connectivity index (χ3n) is 5.09. The van der Waals surface area contributed by atoms with Gasteiger partial charge in [-0.1, -0.05) is 12.5 Å². The minimum Gasteiger partial charge on any atom is -0.469 e. The van der Waals surface area contributed by atoms with Gasteiger partial charge in [-0.25, -0.2) is 4.99 Å². The molecule has 1 atom stereocenters. The summed E-state index contributed by atoms with van der Waals surface area (Å²) in [6.45, 7) is 7.32. The van der Waals surface area contributed by atoms with Crippen LogP contribution in [0.15, 0.2) is 45.3 Å². The van der Waals surface area contributed by atoms with Gasteiger partial charge in [0, 0.05) is 30.4 Å². The summed E-state index contributed by atoms with van der Waals surface area (Å²) in [5.41, 5.74) is 0. The van der Waals surface area contributed by atoms with Crippen LogP contribution in [0.3, 0.4) is 0 Å². The summed E-state index contributed by atoms with van der Waals surface area (Å²) in [4.78, 5) is 8.66. The van der Waals surface area contributed by atoms with Crippen molar-refractivity contribution in [3.63, 3.8) is 0 Å². The average molecular weight is 516 g/mol. The Hall–Kier alpha value is -1.06. The normalized spacial score (nSPS) is 16.4. The van der Waals surface area contributed by atoms with E-state index in [1.807, 2.05) is 12.1 Å². The van der Waals surface area contributed by atoms with Crippen molar-refractivity contribution in [2.45, 2.75) is 51.6 Å². The highest BCUT2D eigenvalue weighted by molar-refractivity contribution is 14.0. The fourth-order valence-corrected chi connectivity index (χ4v) is 4.06. The Kier molecular flexibility index (Phi) is 11.0. The molecule has 1 aliphatic heterocycles. The molecule has 5 nitrogen and oxygen atoms in total. The minimum atomic E-state index is 0. The van der Waals surface area contributed by atoms with Crippen LogP contribution in [-0.4, -0.2) is 43.1 Å². The predicted molar refractivity (Wildman–Crippen MR) is 129 cm³/mol. The van der Waals surface area contributed by atoms with Gasteiger partial charge in [0.05, 0.1) is 12.8 Å². The summed E-state index contributed by atoms with van der Waals surface area (Å²) in [6, 6.07) is 8.78. The van der Waals surface area contributed by atoms with E-state index >= 15 is 0 Å². The maximum Gasteiger partial charge on any atom is 0.191 e. The zero-order chi connectivity index (χ0) is 18.7. The van der Waals surface area contributed by atoms with Crippen LogP contribution in [0.1, 0.15) is 43.2 Å². The van der Waals surface area contributed by atoms with Crippen molar-refractivity contribution >= 4 is 41.3 Å². The first kappa shape index (κ1) is 23.2. The van der Waals surface area contributed by atoms with Gasteiger partial charge in [-0.15, -0.1) is 35.3 Å². The van der Waals surface area contributed by atoms with Crippen molar-refractivity contribution in [1.29, 1.82) is 0 Å². The molecular formula is C21H33IN4OS. The second kappa shape index (κ2) is 13.2. The molecule has 2 N–H and O–H groups in total. The van der Waals surface area contributed by atoms with E-state index in [9.17, 15) is 0 Å². The molecule has 2 aromatic heterocycles. The van der Waals surface area contributed by atoms with Crippen molar-refractivity contribution in [2.75, 3.05) is 26.2 Å². The molecule has 3 heterocycles. The van der Waals surface area contributed by atoms with Crippen LogP contribution in [0.4, 0.5) is 0 Å². The number of nitrogens with one attached hydrogen (secondary N) is 2. The number of nitrogens with zero attached hydrogens (tertiary/aromatic N) is 2. The Morgan fingerprint density at radius 1 is 1.18 bits per heavy atom. The van der Waals surface area contributed by atoms with Gasteiger partial charge < -0.3 is 20.0 Å². The number of furan rings is 1. The first-order chi connectivity index (χ1) is 13.3. The summed E-state index contributed by atoms with van der Waals surface area (Å²) in [5, 5.41) is 9.06. The zero-order valence-corrected chi connectivity index (χ0v) is 19.9. The topological polar surface area (TPSA) is 52.8 Å². The molecule has 0 amide bonds. The van der Waals surface area contributed by atoms with Gasteiger partial charge in [0.25, 0.3) is 0 Å². The van der Waals surface area contributed by atoms with Gasteiger partial charge in [-0.3, -0.25) is 0 Å². The van der Waals surface area contributed by atoms with E-state index in [0.29, 0.717) is 6.04 Å². The molecule has 0 aromatic carbocycles. The van der Waals surface area contributed by atoms with E-state index < -0.39 is 0 Å². The van der Waals surface area contributed by atoms with E-state index in [0.717, 1.165) is 44.2 Å². The van der Waals surface area contributed by atoms with Crippen LogP contribution < -0.4 is 10.6 Å². The lowest BCUT2D eigenvalue weighted by molar-refractivity contribution is 0.167. The average Bonchev–Trinajstić information content (AvgIpc) is 3.40. The lowest BCUT2D eigenvalue weighted by Crippen LogP contribution is -2.42. The quantitative estimate of drug-likeness (QED) is 0.293. The first-order valence-electron chi connectivity index (χ1n) is 10.1. The van der Waals surface area contributed by atoms with Gasteiger partial charge in [0.2, 0.25) is 0 Å². The van der Waals surface area contributed by atoms with E-state index in [1.165, 1.54) is 37.2 Å². The molecular weight excluding hydrogens is 483 g/mol. The maximum absolute atomic E-state index is 5.41. The summed E-state index contributed by atoms with van der Waals surface area (Å²) < 4.78 is 5.41. The van der Waals surface area contributed by atoms with Crippen molar-refractivity contribution in [3.8, 4) is 0 Å². The molecule has 0 saturated carbocycles. The Morgan fingerprint density at radius 3 is 2.71 bits per heavy atom. The molecule has 1 aliphatic rings. The van der Waals surface area contributed by atoms with Crippen molar-refractivity contribution in [1.82, 2.24) is 15.5 Å². The summed E-state index contributed by atoms with van der Waals surface area (Å²) >= 11 is 1.75. The number of thiophene rings is 1. The largest absolute Gasteiger partial charge is 0.469 e. The van der Waals surface area contributed by atoms with Crippen LogP contribution in [0.25, 0.3) is 0 Å². The predicted octanol–water partition coefficient (Wildman–Crippen LogP) is 4.50. The molecule has 7 heteroatoms. The smallest absolute Gasteiger partial charge is 0.191 e. The highest BCUT2D eigenvalue weighted by Crippen LogP contribution is 2.13. The summed E-state index contributed by atoms with van der Waals surface area (Å²) in [7, 11) is 0. The molecule has 28 heavy (non-hydrogen) atoms. The van der Waals surface area contributed by atoms with Crippen molar-refractivity contribution < 1.29 is 4.42 Å². The number of piperidine rings is 1. The van der Waals surface area contributed by atoms with Gasteiger partial charge in [0.1, 0.15) is 5.76 Å². The van der Waals surface area contributed by atoms with Gasteiger partial charge in [-0.05, 0) is 62.9 Å². The highest BCUT2D eigenvalue weighted by Gasteiger charge is 2.16. The maximum atomic E-state index is 5.41. The molecule has 0 aliphatic carbocycles. The number of guanidine groups is 1. The fraction of sp³-hybridized carbons (Fsp3) is 0.571. The number of hydrogen-bond acceptors (Lipinski definition) is 4. The van der Waals surface area contributed by atoms with Crippen LogP contribution in [0, 0.1) is 0 Å². The Balaban J connectivity index is 0.00000280. The number of hydrogen-bond donors (Lipinski definition) is 2. The molecule has 1 saturated heterocycles. The molecule has 0 radical (unpaired) electrons. The Bertz CT molecular complexity index is 654. The van der Waals surface area contributed by atoms with Crippen LogP contribution >= 0.6 is 35.3 Å². The highest BCUT2D eigenvalue weighted by atomic mass is 127. The van der Waals surface area contributed by atoms with Gasteiger partial charge >= 0.3 is 0 Å². The van der Waals surface area contributed by atoms with E-state index in [1.54, 1.807) is 17.6 Å². The van der Waals surface area contributed by atoms with Crippen LogP contribution in [0.5, 0.6) is 0 Å². The van der Waals surface area contributed by atoms with Crippen molar-refractivity contribution in [2.24, 2.45) is 4.99 Å². The van der Waals surface area contributed by atoms with E-state index in [-0.39, 0.29) is 24.0 Å². The van der Waals surface area contributed by atoms with Crippen molar-refractivity contribution in [3.05, 3.63) is 46.5 Å². The van der Waals surface area contributed by atoms with Crippen LogP contribution in [0.2, 0.25) is 0 Å². The SMILES string of the molecule is CC(CCNC(=NCc1cccs1)NCCc1ccco1)N1CCCCC1.I. The molecule has 3 rings (SSSR count). The molecule has 0 spiro atoms. The number of likely N-dealkylation sites (tertiary alicyclic amines) is 1. The minimum absolute atomic E-state index is 0. The molecule has 1 fully saturated rings. The monoisotopic (exact) mass is 516 g/mol. The summed E-state index contributed by atoms with van der Waals surface area (Å²) in [5.74, 6) is 1.89. The zero-order valence-electron chi connectivity index (χ0n) is 16.7. The van der Waals surface area contributed by atoms with E-state index in [2.05, 4.69) is 40.0 Å². The number of aliphatic imine (C=N–C) groups is 1. The Morgan fingerprint density at radius 2 is 2.00 bits per heavy atom. The fourth-order valence-electron chi connectivity index (χ4n) is 3.43. The standard InChI is InChI=1S/C21H32N4OS.HI/c1-18(25-13-3-2-4-14-25)9-11-22-21(24-17-20-8-6-16-27-20)23-12-10-19-7-5-15-26-19;/h5-8,15-16,18H,2-4,9-14,17H2,1H3,(H2,22,23,24);1H. The van der Waals surface area contributed by atoms with E-state index in [4.69, 9.17) is 9.41 Å². The number of rotatable bonds is 9. The van der Waals surface area contributed by atoms with Gasteiger partial charge in [0.15, 0.2) is 5.96 Å².